The minimum Gasteiger partial charge on any atom is -0.267 e. The first-order chi connectivity index (χ1) is 6.59. The molecule has 0 radical (unpaired) electrons. The highest BCUT2D eigenvalue weighted by molar-refractivity contribution is 7.90. The van der Waals surface area contributed by atoms with Gasteiger partial charge in [-0.1, -0.05) is 12.1 Å². The molecule has 0 fully saturated rings. The lowest BCUT2D eigenvalue weighted by Crippen LogP contribution is -2.24. The monoisotopic (exact) mass is 242 g/mol. The summed E-state index contributed by atoms with van der Waals surface area (Å²) in [4.78, 5) is 11.3. The van der Waals surface area contributed by atoms with Crippen LogP contribution in [0.25, 0.3) is 0 Å². The van der Waals surface area contributed by atoms with Crippen molar-refractivity contribution in [3.05, 3.63) is 29.8 Å². The average Bonchev–Trinajstić information content (AvgIpc) is 2.36. The van der Waals surface area contributed by atoms with E-state index >= 15 is 0 Å². The zero-order chi connectivity index (χ0) is 10.3. The lowest BCUT2D eigenvalue weighted by atomic mass is 10.2. The maximum Gasteiger partial charge on any atom is 0.282 e. The molecule has 0 spiro atoms. The molecule has 0 saturated carbocycles. The highest BCUT2D eigenvalue weighted by atomic mass is 32.2. The van der Waals surface area contributed by atoms with Gasteiger partial charge in [0.05, 0.1) is 5.56 Å². The summed E-state index contributed by atoms with van der Waals surface area (Å²) < 4.78 is 23.2. The van der Waals surface area contributed by atoms with E-state index in [1.54, 1.807) is 6.07 Å². The van der Waals surface area contributed by atoms with Gasteiger partial charge in [-0.25, -0.2) is 0 Å². The van der Waals surface area contributed by atoms with Crippen LogP contribution >= 0.6 is 13.5 Å². The van der Waals surface area contributed by atoms with Gasteiger partial charge >= 0.3 is 0 Å². The van der Waals surface area contributed by atoms with Crippen molar-refractivity contribution in [1.82, 2.24) is 4.31 Å². The molecule has 1 aromatic rings. The predicted octanol–water partition coefficient (Wildman–Crippen LogP) is 0.425. The van der Waals surface area contributed by atoms with Gasteiger partial charge in [0.1, 0.15) is 4.90 Å². The van der Waals surface area contributed by atoms with Crippen LogP contribution in [0.1, 0.15) is 10.4 Å². The molecule has 7 heteroatoms. The summed E-state index contributed by atoms with van der Waals surface area (Å²) in [6, 6.07) is 5.74. The van der Waals surface area contributed by atoms with Crippen LogP contribution in [0.2, 0.25) is 0 Å². The van der Waals surface area contributed by atoms with Crippen LogP contribution in [0.15, 0.2) is 29.2 Å². The molecular weight excluding hydrogens is 236 g/mol. The molecule has 0 aliphatic carbocycles. The molecule has 0 saturated heterocycles. The van der Waals surface area contributed by atoms with Gasteiger partial charge in [-0.2, -0.15) is 27.2 Å². The summed E-state index contributed by atoms with van der Waals surface area (Å²) in [7, 11) is -3.92. The zero-order valence-electron chi connectivity index (χ0n) is 7.34. The van der Waals surface area contributed by atoms with Gasteiger partial charge in [-0.15, -0.1) is 4.31 Å². The molecule has 1 aliphatic heterocycles. The number of amides is 1. The first-order valence-corrected chi connectivity index (χ1v) is 5.11. The summed E-state index contributed by atoms with van der Waals surface area (Å²) in [5.74, 6) is -0.789. The van der Waals surface area contributed by atoms with E-state index in [-0.39, 0.29) is 28.3 Å². The summed E-state index contributed by atoms with van der Waals surface area (Å²) in [6.45, 7) is 0. The van der Waals surface area contributed by atoms with Crippen molar-refractivity contribution in [2.75, 3.05) is 0 Å². The fraction of sp³-hybridized carbons (Fsp3) is 0. The molecular formula is C8H6N2O3S2. The Balaban J connectivity index is 0.00000112. The molecule has 15 heavy (non-hydrogen) atoms. The maximum atomic E-state index is 11.5. The lowest BCUT2D eigenvalue weighted by molar-refractivity contribution is 0.0912. The number of hydrogen-bond acceptors (Lipinski definition) is 4. The van der Waals surface area contributed by atoms with E-state index in [4.69, 9.17) is 5.26 Å². The predicted molar refractivity (Wildman–Crippen MR) is 55.8 cm³/mol. The third kappa shape index (κ3) is 1.38. The molecule has 78 valence electrons. The van der Waals surface area contributed by atoms with E-state index in [1.165, 1.54) is 24.4 Å². The summed E-state index contributed by atoms with van der Waals surface area (Å²) in [6.07, 6.45) is 1.35. The van der Waals surface area contributed by atoms with Gasteiger partial charge in [0, 0.05) is 0 Å². The average molecular weight is 242 g/mol. The second-order valence-electron chi connectivity index (χ2n) is 2.67. The standard InChI is InChI=1S/C8H4N2O3S.H2S/c9-5-10-8(11)6-3-1-2-4-7(6)14(10,12)13;/h1-4H;1H2. The van der Waals surface area contributed by atoms with Crippen LogP contribution in [0, 0.1) is 11.5 Å². The first kappa shape index (κ1) is 11.6. The largest absolute Gasteiger partial charge is 0.282 e. The van der Waals surface area contributed by atoms with E-state index < -0.39 is 15.9 Å². The van der Waals surface area contributed by atoms with Crippen LogP contribution in [-0.4, -0.2) is 18.6 Å². The number of rotatable bonds is 0. The van der Waals surface area contributed by atoms with E-state index in [0.29, 0.717) is 0 Å². The Bertz CT molecular complexity index is 559. The minimum absolute atomic E-state index is 0. The Morgan fingerprint density at radius 1 is 1.27 bits per heavy atom. The fourth-order valence-electron chi connectivity index (χ4n) is 1.28. The van der Waals surface area contributed by atoms with Gasteiger partial charge in [-0.3, -0.25) is 4.79 Å². The summed E-state index contributed by atoms with van der Waals surface area (Å²) in [5.41, 5.74) is 0.0500. The normalized spacial score (nSPS) is 16.5. The van der Waals surface area contributed by atoms with Gasteiger partial charge in [0.15, 0.2) is 0 Å². The summed E-state index contributed by atoms with van der Waals surface area (Å²) >= 11 is 0. The lowest BCUT2D eigenvalue weighted by Gasteiger charge is -2.01. The maximum absolute atomic E-state index is 11.5. The SMILES string of the molecule is N#CN1C(=O)c2ccccc2S1(=O)=O.S. The van der Waals surface area contributed by atoms with Crippen molar-refractivity contribution in [3.8, 4) is 6.19 Å². The molecule has 1 aliphatic rings. The second-order valence-corrected chi connectivity index (χ2v) is 4.43. The van der Waals surface area contributed by atoms with E-state index in [9.17, 15) is 13.2 Å². The van der Waals surface area contributed by atoms with Gasteiger partial charge in [0.2, 0.25) is 6.19 Å². The van der Waals surface area contributed by atoms with Crippen LogP contribution < -0.4 is 0 Å². The fourth-order valence-corrected chi connectivity index (χ4v) is 2.59. The third-order valence-electron chi connectivity index (χ3n) is 1.91. The van der Waals surface area contributed by atoms with Crippen molar-refractivity contribution in [3.63, 3.8) is 0 Å². The van der Waals surface area contributed by atoms with E-state index in [0.717, 1.165) is 0 Å². The van der Waals surface area contributed by atoms with E-state index in [2.05, 4.69) is 0 Å². The molecule has 0 atom stereocenters. The Hall–Kier alpha value is -1.52. The van der Waals surface area contributed by atoms with Crippen LogP contribution in [0.3, 0.4) is 0 Å². The van der Waals surface area contributed by atoms with Crippen LogP contribution in [0.5, 0.6) is 0 Å². The number of carbonyl (C=O) groups is 1. The van der Waals surface area contributed by atoms with Gasteiger partial charge < -0.3 is 0 Å². The minimum atomic E-state index is -3.92. The topological polar surface area (TPSA) is 78.2 Å². The molecule has 0 bridgehead atoms. The number of nitrogens with zero attached hydrogens (tertiary/aromatic N) is 2. The van der Waals surface area contributed by atoms with E-state index in [1.807, 2.05) is 0 Å². The molecule has 0 N–H and O–H groups in total. The number of hydrogen-bond donors (Lipinski definition) is 0. The number of carbonyl (C=O) groups excluding carboxylic acids is 1. The second kappa shape index (κ2) is 3.56. The molecule has 0 unspecified atom stereocenters. The molecule has 2 rings (SSSR count). The number of benzene rings is 1. The molecule has 1 aromatic carbocycles. The number of sulfonamides is 1. The summed E-state index contributed by atoms with van der Waals surface area (Å²) in [5, 5.41) is 8.52. The Kier molecular flexibility index (Phi) is 2.75. The molecule has 5 nitrogen and oxygen atoms in total. The highest BCUT2D eigenvalue weighted by Gasteiger charge is 2.41. The van der Waals surface area contributed by atoms with Gasteiger partial charge in [-0.05, 0) is 12.1 Å². The van der Waals surface area contributed by atoms with Crippen LogP contribution in [-0.2, 0) is 10.0 Å². The smallest absolute Gasteiger partial charge is 0.267 e. The van der Waals surface area contributed by atoms with Gasteiger partial charge in [0.25, 0.3) is 15.9 Å². The van der Waals surface area contributed by atoms with Crippen molar-refractivity contribution < 1.29 is 13.2 Å². The number of nitriles is 1. The third-order valence-corrected chi connectivity index (χ3v) is 3.55. The van der Waals surface area contributed by atoms with Crippen molar-refractivity contribution in [1.29, 1.82) is 5.26 Å². The quantitative estimate of drug-likeness (QED) is 0.618. The molecule has 1 amide bonds. The molecule has 0 aromatic heterocycles. The number of fused-ring (bicyclic) bond motifs is 1. The Morgan fingerprint density at radius 2 is 1.87 bits per heavy atom. The Labute approximate surface area is 93.4 Å². The van der Waals surface area contributed by atoms with Crippen molar-refractivity contribution in [2.45, 2.75) is 4.90 Å². The Morgan fingerprint density at radius 3 is 2.40 bits per heavy atom. The van der Waals surface area contributed by atoms with Crippen LogP contribution in [0.4, 0.5) is 0 Å². The van der Waals surface area contributed by atoms with Crippen molar-refractivity contribution >= 4 is 29.4 Å². The zero-order valence-corrected chi connectivity index (χ0v) is 9.15. The molecule has 1 heterocycles. The highest BCUT2D eigenvalue weighted by Crippen LogP contribution is 2.28. The first-order valence-electron chi connectivity index (χ1n) is 3.67. The van der Waals surface area contributed by atoms with Crippen molar-refractivity contribution in [2.24, 2.45) is 0 Å².